The van der Waals surface area contributed by atoms with Gasteiger partial charge in [-0.05, 0) is 38.5 Å². The van der Waals surface area contributed by atoms with Crippen LogP contribution in [0.25, 0.3) is 0 Å². The van der Waals surface area contributed by atoms with E-state index in [0.717, 1.165) is 43.2 Å². The molecule has 1 saturated heterocycles. The Balaban J connectivity index is 1.96. The molecule has 0 unspecified atom stereocenters. The van der Waals surface area contributed by atoms with Crippen molar-refractivity contribution < 1.29 is 14.3 Å². The van der Waals surface area contributed by atoms with Gasteiger partial charge >= 0.3 is 0 Å². The standard InChI is InChI=1S/C17H26N2O3/c1-13(2)22-9-6-17(20)18-16-12-15(5-4-14(16)3)19-7-10-21-11-8-19/h4-5,12-13H,6-11H2,1-3H3,(H,18,20). The normalized spacial score (nSPS) is 15.2. The second kappa shape index (κ2) is 8.15. The largest absolute Gasteiger partial charge is 0.378 e. The number of carbonyl (C=O) groups excluding carboxylic acids is 1. The van der Waals surface area contributed by atoms with E-state index in [-0.39, 0.29) is 12.0 Å². The summed E-state index contributed by atoms with van der Waals surface area (Å²) in [6.07, 6.45) is 0.526. The fourth-order valence-electron chi connectivity index (χ4n) is 2.36. The fraction of sp³-hybridized carbons (Fsp3) is 0.588. The molecule has 0 aliphatic carbocycles. The molecule has 1 aliphatic heterocycles. The Hall–Kier alpha value is -1.59. The van der Waals surface area contributed by atoms with Crippen molar-refractivity contribution in [3.63, 3.8) is 0 Å². The van der Waals surface area contributed by atoms with Crippen LogP contribution in [-0.4, -0.2) is 44.9 Å². The van der Waals surface area contributed by atoms with Crippen LogP contribution < -0.4 is 10.2 Å². The van der Waals surface area contributed by atoms with Crippen LogP contribution in [0, 0.1) is 6.92 Å². The van der Waals surface area contributed by atoms with Gasteiger partial charge in [-0.15, -0.1) is 0 Å². The number of morpholine rings is 1. The summed E-state index contributed by atoms with van der Waals surface area (Å²) in [4.78, 5) is 14.3. The van der Waals surface area contributed by atoms with Gasteiger partial charge in [-0.25, -0.2) is 0 Å². The van der Waals surface area contributed by atoms with Gasteiger partial charge in [0.2, 0.25) is 5.91 Å². The van der Waals surface area contributed by atoms with E-state index in [9.17, 15) is 4.79 Å². The van der Waals surface area contributed by atoms with Gasteiger partial charge in [0.1, 0.15) is 0 Å². The minimum absolute atomic E-state index is 0.0112. The highest BCUT2D eigenvalue weighted by Crippen LogP contribution is 2.24. The number of amides is 1. The summed E-state index contributed by atoms with van der Waals surface area (Å²) in [6, 6.07) is 6.19. The van der Waals surface area contributed by atoms with Crippen LogP contribution in [0.2, 0.25) is 0 Å². The van der Waals surface area contributed by atoms with Gasteiger partial charge in [0.05, 0.1) is 32.3 Å². The van der Waals surface area contributed by atoms with Crippen molar-refractivity contribution in [2.45, 2.75) is 33.3 Å². The lowest BCUT2D eigenvalue weighted by atomic mass is 10.1. The number of anilines is 2. The highest BCUT2D eigenvalue weighted by molar-refractivity contribution is 5.92. The topological polar surface area (TPSA) is 50.8 Å². The average Bonchev–Trinajstić information content (AvgIpc) is 2.50. The molecule has 1 amide bonds. The number of hydrogen-bond acceptors (Lipinski definition) is 4. The zero-order valence-corrected chi connectivity index (χ0v) is 13.7. The summed E-state index contributed by atoms with van der Waals surface area (Å²) in [5.74, 6) is -0.0112. The first-order chi connectivity index (χ1) is 10.6. The van der Waals surface area contributed by atoms with Gasteiger partial charge in [0.25, 0.3) is 0 Å². The summed E-state index contributed by atoms with van der Waals surface area (Å²) in [5.41, 5.74) is 3.07. The minimum atomic E-state index is -0.0112. The van der Waals surface area contributed by atoms with Crippen LogP contribution in [0.15, 0.2) is 18.2 Å². The molecule has 5 nitrogen and oxygen atoms in total. The molecule has 22 heavy (non-hydrogen) atoms. The SMILES string of the molecule is Cc1ccc(N2CCOCC2)cc1NC(=O)CCOC(C)C. The maximum atomic E-state index is 12.0. The Labute approximate surface area is 132 Å². The molecule has 2 rings (SSSR count). The molecular weight excluding hydrogens is 280 g/mol. The lowest BCUT2D eigenvalue weighted by Gasteiger charge is -2.29. The van der Waals surface area contributed by atoms with E-state index in [1.54, 1.807) is 0 Å². The van der Waals surface area contributed by atoms with E-state index >= 15 is 0 Å². The van der Waals surface area contributed by atoms with Crippen molar-refractivity contribution in [2.24, 2.45) is 0 Å². The van der Waals surface area contributed by atoms with Crippen molar-refractivity contribution in [3.8, 4) is 0 Å². The Morgan fingerprint density at radius 1 is 1.36 bits per heavy atom. The van der Waals surface area contributed by atoms with Crippen molar-refractivity contribution in [2.75, 3.05) is 43.1 Å². The van der Waals surface area contributed by atoms with Crippen LogP contribution in [0.3, 0.4) is 0 Å². The first kappa shape index (κ1) is 16.8. The molecular formula is C17H26N2O3. The third kappa shape index (κ3) is 5.00. The molecule has 1 fully saturated rings. The fourth-order valence-corrected chi connectivity index (χ4v) is 2.36. The predicted octanol–water partition coefficient (Wildman–Crippen LogP) is 2.59. The maximum absolute atomic E-state index is 12.0. The number of carbonyl (C=O) groups is 1. The van der Waals surface area contributed by atoms with Crippen LogP contribution >= 0.6 is 0 Å². The number of nitrogens with zero attached hydrogens (tertiary/aromatic N) is 1. The highest BCUT2D eigenvalue weighted by Gasteiger charge is 2.13. The summed E-state index contributed by atoms with van der Waals surface area (Å²) < 4.78 is 10.8. The molecule has 122 valence electrons. The van der Waals surface area contributed by atoms with Crippen LogP contribution in [0.4, 0.5) is 11.4 Å². The van der Waals surface area contributed by atoms with Crippen molar-refractivity contribution in [1.29, 1.82) is 0 Å². The van der Waals surface area contributed by atoms with E-state index in [1.807, 2.05) is 32.9 Å². The van der Waals surface area contributed by atoms with Gasteiger partial charge in [0.15, 0.2) is 0 Å². The maximum Gasteiger partial charge on any atom is 0.226 e. The lowest BCUT2D eigenvalue weighted by Crippen LogP contribution is -2.36. The van der Waals surface area contributed by atoms with Crippen molar-refractivity contribution >= 4 is 17.3 Å². The van der Waals surface area contributed by atoms with Gasteiger partial charge in [-0.1, -0.05) is 6.07 Å². The van der Waals surface area contributed by atoms with E-state index < -0.39 is 0 Å². The molecule has 1 heterocycles. The van der Waals surface area contributed by atoms with Crippen LogP contribution in [-0.2, 0) is 14.3 Å². The molecule has 0 radical (unpaired) electrons. The molecule has 5 heteroatoms. The molecule has 0 atom stereocenters. The Kier molecular flexibility index (Phi) is 6.21. The van der Waals surface area contributed by atoms with Gasteiger partial charge < -0.3 is 19.7 Å². The monoisotopic (exact) mass is 306 g/mol. The van der Waals surface area contributed by atoms with Crippen LogP contribution in [0.5, 0.6) is 0 Å². The van der Waals surface area contributed by atoms with E-state index in [4.69, 9.17) is 9.47 Å². The minimum Gasteiger partial charge on any atom is -0.378 e. The summed E-state index contributed by atoms with van der Waals surface area (Å²) in [5, 5.41) is 2.99. The van der Waals surface area contributed by atoms with Gasteiger partial charge in [-0.2, -0.15) is 0 Å². The van der Waals surface area contributed by atoms with E-state index in [2.05, 4.69) is 16.3 Å². The number of ether oxygens (including phenoxy) is 2. The zero-order chi connectivity index (χ0) is 15.9. The Morgan fingerprint density at radius 3 is 2.77 bits per heavy atom. The van der Waals surface area contributed by atoms with Gasteiger partial charge in [0, 0.05) is 24.5 Å². The summed E-state index contributed by atoms with van der Waals surface area (Å²) in [6.45, 7) is 9.66. The molecule has 0 aromatic heterocycles. The molecule has 1 aromatic rings. The third-order valence-electron chi connectivity index (χ3n) is 3.65. The number of rotatable bonds is 6. The Bertz CT molecular complexity index is 497. The van der Waals surface area contributed by atoms with E-state index in [1.165, 1.54) is 0 Å². The lowest BCUT2D eigenvalue weighted by molar-refractivity contribution is -0.117. The highest BCUT2D eigenvalue weighted by atomic mass is 16.5. The quantitative estimate of drug-likeness (QED) is 0.877. The number of nitrogens with one attached hydrogen (secondary N) is 1. The molecule has 0 spiro atoms. The molecule has 0 bridgehead atoms. The summed E-state index contributed by atoms with van der Waals surface area (Å²) in [7, 11) is 0. The first-order valence-corrected chi connectivity index (χ1v) is 7.91. The number of benzene rings is 1. The molecule has 1 aliphatic rings. The van der Waals surface area contributed by atoms with E-state index in [0.29, 0.717) is 13.0 Å². The average molecular weight is 306 g/mol. The summed E-state index contributed by atoms with van der Waals surface area (Å²) >= 11 is 0. The molecule has 1 N–H and O–H groups in total. The zero-order valence-electron chi connectivity index (χ0n) is 13.7. The van der Waals surface area contributed by atoms with Crippen molar-refractivity contribution in [1.82, 2.24) is 0 Å². The third-order valence-corrected chi connectivity index (χ3v) is 3.65. The molecule has 1 aromatic carbocycles. The predicted molar refractivity (Wildman–Crippen MR) is 88.5 cm³/mol. The molecule has 0 saturated carbocycles. The Morgan fingerprint density at radius 2 is 2.09 bits per heavy atom. The van der Waals surface area contributed by atoms with Crippen molar-refractivity contribution in [3.05, 3.63) is 23.8 Å². The number of aryl methyl sites for hydroxylation is 1. The first-order valence-electron chi connectivity index (χ1n) is 7.91. The van der Waals surface area contributed by atoms with Gasteiger partial charge in [-0.3, -0.25) is 4.79 Å². The number of hydrogen-bond donors (Lipinski definition) is 1. The smallest absolute Gasteiger partial charge is 0.226 e. The van der Waals surface area contributed by atoms with Crippen LogP contribution in [0.1, 0.15) is 25.8 Å². The second-order valence-corrected chi connectivity index (χ2v) is 5.82. The second-order valence-electron chi connectivity index (χ2n) is 5.82.